The fourth-order valence-electron chi connectivity index (χ4n) is 4.49. The molecule has 3 amide bonds. The molecule has 2 aromatic rings. The summed E-state index contributed by atoms with van der Waals surface area (Å²) in [5, 5.41) is 37.2. The van der Waals surface area contributed by atoms with Crippen molar-refractivity contribution in [2.75, 3.05) is 32.0 Å². The van der Waals surface area contributed by atoms with Gasteiger partial charge in [0.1, 0.15) is 23.7 Å². The van der Waals surface area contributed by atoms with E-state index in [0.29, 0.717) is 35.4 Å². The molecule has 194 valence electrons. The molecule has 2 aromatic carbocycles. The van der Waals surface area contributed by atoms with Gasteiger partial charge in [0.25, 0.3) is 11.8 Å². The van der Waals surface area contributed by atoms with E-state index < -0.39 is 36.4 Å². The number of hydrogen-bond donors (Lipinski definition) is 5. The number of carbonyl (C=O) groups is 3. The van der Waals surface area contributed by atoms with E-state index in [9.17, 15) is 29.7 Å². The Balaban J connectivity index is 1.31. The van der Waals surface area contributed by atoms with E-state index in [-0.39, 0.29) is 24.3 Å². The van der Waals surface area contributed by atoms with Gasteiger partial charge >= 0.3 is 0 Å². The van der Waals surface area contributed by atoms with Crippen LogP contribution in [0.25, 0.3) is 10.8 Å². The first-order valence-corrected chi connectivity index (χ1v) is 13.4. The zero-order valence-electron chi connectivity index (χ0n) is 19.5. The molecule has 0 radical (unpaired) electrons. The molecule has 36 heavy (non-hydrogen) atoms. The summed E-state index contributed by atoms with van der Waals surface area (Å²) in [6, 6.07) is 8.09. The molecule has 4 rings (SSSR count). The summed E-state index contributed by atoms with van der Waals surface area (Å²) in [4.78, 5) is 38.9. The Morgan fingerprint density at radius 1 is 1.11 bits per heavy atom. The molecule has 1 fully saturated rings. The van der Waals surface area contributed by atoms with Gasteiger partial charge in [-0.05, 0) is 23.6 Å². The lowest BCUT2D eigenvalue weighted by atomic mass is 9.94. The van der Waals surface area contributed by atoms with Crippen molar-refractivity contribution in [3.8, 4) is 0 Å². The van der Waals surface area contributed by atoms with Crippen molar-refractivity contribution in [2.45, 2.75) is 36.7 Å². The fraction of sp³-hybridized carbons (Fsp3) is 0.458. The van der Waals surface area contributed by atoms with Crippen LogP contribution in [0.2, 0.25) is 0 Å². The molecule has 1 saturated heterocycles. The highest BCUT2D eigenvalue weighted by atomic mass is 79.9. The van der Waals surface area contributed by atoms with Crippen LogP contribution in [0.15, 0.2) is 34.8 Å². The molecule has 12 heteroatoms. The first-order chi connectivity index (χ1) is 17.2. The Hall–Kier alpha value is -2.06. The van der Waals surface area contributed by atoms with E-state index >= 15 is 0 Å². The Morgan fingerprint density at radius 3 is 2.53 bits per heavy atom. The zero-order chi connectivity index (χ0) is 26.0. The maximum absolute atomic E-state index is 13.0. The number of aliphatic hydroxyl groups excluding tert-OH is 3. The topological polar surface area (TPSA) is 148 Å². The number of hydrogen-bond acceptors (Lipinski definition) is 9. The molecule has 0 spiro atoms. The van der Waals surface area contributed by atoms with Crippen molar-refractivity contribution in [3.05, 3.63) is 45.9 Å². The average molecular weight is 582 g/mol. The standard InChI is InChI=1S/C24H28BrN3O7S/c1-12(30)27-19-21(32)20(31)17(11-29)35-24(19)36-10-8-26-7-9-28-22(33)14-4-2-3-13-16(25)6-5-15(18(13)14)23(28)34/h2-6,17,19-21,24,26,29,31-32H,7-11H2,1H3,(H,27,30)/t17-,19-,20-,21-,24+/m1/s1. The third kappa shape index (κ3) is 5.30. The number of benzene rings is 2. The van der Waals surface area contributed by atoms with Gasteiger partial charge in [0.2, 0.25) is 5.91 Å². The number of imide groups is 1. The van der Waals surface area contributed by atoms with Crippen LogP contribution in [0.3, 0.4) is 0 Å². The van der Waals surface area contributed by atoms with Gasteiger partial charge in [-0.15, -0.1) is 11.8 Å². The molecule has 5 N–H and O–H groups in total. The van der Waals surface area contributed by atoms with Gasteiger partial charge in [-0.1, -0.05) is 28.1 Å². The molecule has 0 aromatic heterocycles. The van der Waals surface area contributed by atoms with Crippen molar-refractivity contribution in [1.82, 2.24) is 15.5 Å². The van der Waals surface area contributed by atoms with E-state index in [4.69, 9.17) is 4.74 Å². The molecule has 0 unspecified atom stereocenters. The van der Waals surface area contributed by atoms with Crippen molar-refractivity contribution in [1.29, 1.82) is 0 Å². The normalized spacial score (nSPS) is 25.9. The molecule has 0 bridgehead atoms. The molecular weight excluding hydrogens is 554 g/mol. The summed E-state index contributed by atoms with van der Waals surface area (Å²) in [6.45, 7) is 1.91. The maximum atomic E-state index is 13.0. The first kappa shape index (κ1) is 27.0. The molecule has 0 saturated carbocycles. The van der Waals surface area contributed by atoms with E-state index in [2.05, 4.69) is 26.6 Å². The lowest BCUT2D eigenvalue weighted by molar-refractivity contribution is -0.173. The van der Waals surface area contributed by atoms with Crippen LogP contribution in [0, 0.1) is 0 Å². The van der Waals surface area contributed by atoms with Crippen molar-refractivity contribution < 1.29 is 34.4 Å². The lowest BCUT2D eigenvalue weighted by Crippen LogP contribution is -2.63. The zero-order valence-corrected chi connectivity index (χ0v) is 21.9. The molecule has 0 aliphatic carbocycles. The number of carbonyl (C=O) groups excluding carboxylic acids is 3. The molecule has 10 nitrogen and oxygen atoms in total. The number of halogens is 1. The summed E-state index contributed by atoms with van der Waals surface area (Å²) in [7, 11) is 0. The van der Waals surface area contributed by atoms with Crippen LogP contribution >= 0.6 is 27.7 Å². The third-order valence-corrected chi connectivity index (χ3v) is 8.13. The summed E-state index contributed by atoms with van der Waals surface area (Å²) < 4.78 is 6.52. The molecular formula is C24H28BrN3O7S. The van der Waals surface area contributed by atoms with Gasteiger partial charge in [0.05, 0.1) is 12.6 Å². The summed E-state index contributed by atoms with van der Waals surface area (Å²) >= 11 is 4.79. The van der Waals surface area contributed by atoms with Crippen LogP contribution in [0.4, 0.5) is 0 Å². The molecule has 2 heterocycles. The minimum atomic E-state index is -1.32. The lowest BCUT2D eigenvalue weighted by Gasteiger charge is -2.42. The van der Waals surface area contributed by atoms with E-state index in [1.54, 1.807) is 18.2 Å². The number of amides is 3. The van der Waals surface area contributed by atoms with Gasteiger partial charge in [0.15, 0.2) is 0 Å². The SMILES string of the molecule is CC(=O)N[C@@H]1[C@@H](O)[C@H](O)[C@@H](CO)O[C@H]1SCCNCCN1C(=O)c2cccc3c(Br)ccc(c23)C1=O. The number of thioether (sulfide) groups is 1. The summed E-state index contributed by atoms with van der Waals surface area (Å²) in [6.07, 6.45) is -3.56. The maximum Gasteiger partial charge on any atom is 0.261 e. The van der Waals surface area contributed by atoms with Crippen LogP contribution in [-0.2, 0) is 9.53 Å². The quantitative estimate of drug-likeness (QED) is 0.210. The largest absolute Gasteiger partial charge is 0.394 e. The van der Waals surface area contributed by atoms with Crippen LogP contribution in [-0.4, -0.2) is 99.7 Å². The minimum absolute atomic E-state index is 0.195. The third-order valence-electron chi connectivity index (χ3n) is 6.26. The van der Waals surface area contributed by atoms with Crippen molar-refractivity contribution in [2.24, 2.45) is 0 Å². The van der Waals surface area contributed by atoms with Crippen LogP contribution in [0.5, 0.6) is 0 Å². The highest BCUT2D eigenvalue weighted by molar-refractivity contribution is 9.10. The number of nitrogens with one attached hydrogen (secondary N) is 2. The number of ether oxygens (including phenoxy) is 1. The van der Waals surface area contributed by atoms with Gasteiger partial charge in [-0.3, -0.25) is 19.3 Å². The number of aliphatic hydroxyl groups is 3. The number of nitrogens with zero attached hydrogens (tertiary/aromatic N) is 1. The Labute approximate surface area is 220 Å². The van der Waals surface area contributed by atoms with Gasteiger partial charge in [-0.2, -0.15) is 0 Å². The second-order valence-electron chi connectivity index (χ2n) is 8.64. The van der Waals surface area contributed by atoms with Crippen molar-refractivity contribution >= 4 is 56.2 Å². The first-order valence-electron chi connectivity index (χ1n) is 11.5. The summed E-state index contributed by atoms with van der Waals surface area (Å²) in [5.41, 5.74) is 0.320. The molecule has 2 aliphatic heterocycles. The monoisotopic (exact) mass is 581 g/mol. The Kier molecular flexibility index (Phi) is 8.66. The molecule has 5 atom stereocenters. The minimum Gasteiger partial charge on any atom is -0.394 e. The smallest absolute Gasteiger partial charge is 0.261 e. The van der Waals surface area contributed by atoms with Crippen LogP contribution in [0.1, 0.15) is 27.6 Å². The Morgan fingerprint density at radius 2 is 1.83 bits per heavy atom. The molecule has 2 aliphatic rings. The van der Waals surface area contributed by atoms with Gasteiger partial charge < -0.3 is 30.7 Å². The van der Waals surface area contributed by atoms with E-state index in [0.717, 1.165) is 9.86 Å². The summed E-state index contributed by atoms with van der Waals surface area (Å²) in [5.74, 6) is -0.520. The van der Waals surface area contributed by atoms with E-state index in [1.807, 2.05) is 12.1 Å². The van der Waals surface area contributed by atoms with Gasteiger partial charge in [-0.25, -0.2) is 0 Å². The fourth-order valence-corrected chi connectivity index (χ4v) is 6.10. The predicted molar refractivity (Wildman–Crippen MR) is 138 cm³/mol. The van der Waals surface area contributed by atoms with Crippen molar-refractivity contribution in [3.63, 3.8) is 0 Å². The second-order valence-corrected chi connectivity index (χ2v) is 10.7. The van der Waals surface area contributed by atoms with Crippen LogP contribution < -0.4 is 10.6 Å². The second kappa shape index (κ2) is 11.5. The highest BCUT2D eigenvalue weighted by Crippen LogP contribution is 2.34. The highest BCUT2D eigenvalue weighted by Gasteiger charge is 2.44. The van der Waals surface area contributed by atoms with E-state index in [1.165, 1.54) is 23.6 Å². The number of rotatable bonds is 9. The average Bonchev–Trinajstić information content (AvgIpc) is 2.86. The van der Waals surface area contributed by atoms with Gasteiger partial charge in [0, 0.05) is 53.3 Å². The Bertz CT molecular complexity index is 1140. The predicted octanol–water partition coefficient (Wildman–Crippen LogP) is 0.465.